The molecule has 0 spiro atoms. The summed E-state index contributed by atoms with van der Waals surface area (Å²) in [4.78, 5) is 0. The molecule has 0 heterocycles. The third-order valence-electron chi connectivity index (χ3n) is 12.7. The van der Waals surface area contributed by atoms with Crippen LogP contribution in [-0.4, -0.2) is 0 Å². The van der Waals surface area contributed by atoms with Gasteiger partial charge >= 0.3 is 0 Å². The second-order valence-corrected chi connectivity index (χ2v) is 16.5. The van der Waals surface area contributed by atoms with E-state index in [1.807, 2.05) is 0 Å². The number of fused-ring (bicyclic) bond motifs is 2. The van der Waals surface area contributed by atoms with Gasteiger partial charge in [-0.2, -0.15) is 0 Å². The molecule has 2 fully saturated rings. The molecular weight excluding hydrogens is 625 g/mol. The summed E-state index contributed by atoms with van der Waals surface area (Å²) >= 11 is 0. The van der Waals surface area contributed by atoms with Crippen molar-refractivity contribution < 1.29 is 0 Å². The van der Waals surface area contributed by atoms with Crippen LogP contribution in [0.2, 0.25) is 0 Å². The van der Waals surface area contributed by atoms with E-state index >= 15 is 0 Å². The van der Waals surface area contributed by atoms with E-state index in [4.69, 9.17) is 0 Å². The predicted molar refractivity (Wildman–Crippen MR) is 230 cm³/mol. The molecule has 0 saturated heterocycles. The maximum atomic E-state index is 2.38. The Kier molecular flexibility index (Phi) is 12.8. The Morgan fingerprint density at radius 3 is 1.13 bits per heavy atom. The van der Waals surface area contributed by atoms with Crippen molar-refractivity contribution in [3.8, 4) is 0 Å². The van der Waals surface area contributed by atoms with E-state index in [-0.39, 0.29) is 0 Å². The van der Waals surface area contributed by atoms with E-state index in [0.717, 1.165) is 23.7 Å². The quantitative estimate of drug-likeness (QED) is 0.0620. The molecule has 0 nitrogen and oxygen atoms in total. The van der Waals surface area contributed by atoms with Gasteiger partial charge in [0.1, 0.15) is 0 Å². The van der Waals surface area contributed by atoms with Crippen molar-refractivity contribution in [2.24, 2.45) is 11.8 Å². The zero-order valence-electron chi connectivity index (χ0n) is 32.2. The van der Waals surface area contributed by atoms with Crippen molar-refractivity contribution in [3.05, 3.63) is 130 Å². The first-order valence-corrected chi connectivity index (χ1v) is 21.2. The third-order valence-corrected chi connectivity index (χ3v) is 12.7. The van der Waals surface area contributed by atoms with Gasteiger partial charge in [-0.05, 0) is 154 Å². The molecule has 2 saturated carbocycles. The molecule has 7 rings (SSSR count). The van der Waals surface area contributed by atoms with Crippen LogP contribution in [-0.2, 0) is 0 Å². The highest BCUT2D eigenvalue weighted by Gasteiger charge is 2.23. The summed E-state index contributed by atoms with van der Waals surface area (Å²) in [7, 11) is 0. The first-order chi connectivity index (χ1) is 25.6. The molecule has 0 amide bonds. The van der Waals surface area contributed by atoms with Gasteiger partial charge < -0.3 is 0 Å². The number of benzene rings is 5. The van der Waals surface area contributed by atoms with Crippen LogP contribution < -0.4 is 0 Å². The summed E-state index contributed by atoms with van der Waals surface area (Å²) in [6.07, 6.45) is 31.4. The minimum atomic E-state index is 0.750. The molecular formula is C52H62. The Morgan fingerprint density at radius 1 is 0.385 bits per heavy atom. The van der Waals surface area contributed by atoms with Gasteiger partial charge in [-0.3, -0.25) is 0 Å². The van der Waals surface area contributed by atoms with E-state index in [2.05, 4.69) is 135 Å². The Labute approximate surface area is 315 Å². The average Bonchev–Trinajstić information content (AvgIpc) is 3.19. The lowest BCUT2D eigenvalue weighted by Gasteiger charge is -2.29. The topological polar surface area (TPSA) is 0 Å². The van der Waals surface area contributed by atoms with Crippen LogP contribution in [0.1, 0.15) is 162 Å². The van der Waals surface area contributed by atoms with E-state index in [1.54, 1.807) is 0 Å². The summed E-state index contributed by atoms with van der Waals surface area (Å²) < 4.78 is 0. The van der Waals surface area contributed by atoms with Crippen LogP contribution in [0.4, 0.5) is 0 Å². The Bertz CT molecular complexity index is 1760. The van der Waals surface area contributed by atoms with Gasteiger partial charge in [-0.1, -0.05) is 162 Å². The zero-order valence-corrected chi connectivity index (χ0v) is 32.2. The summed E-state index contributed by atoms with van der Waals surface area (Å²) in [6.45, 7) is 4.62. The number of hydrogen-bond acceptors (Lipinski definition) is 0. The van der Waals surface area contributed by atoms with E-state index in [0.29, 0.717) is 0 Å². The SMILES string of the molecule is CCCCCC1CCC(c2ccc(/C=C/c3ccc4cc5cc(/C=C/c6ccc(C7CCC(CCCCC)CC7)cc6)ccc5cc4c3)cc2)CC1. The van der Waals surface area contributed by atoms with Crippen LogP contribution in [0.3, 0.4) is 0 Å². The zero-order chi connectivity index (χ0) is 35.5. The maximum absolute atomic E-state index is 2.38. The fraction of sp³-hybridized carbons (Fsp3) is 0.423. The molecule has 0 atom stereocenters. The summed E-state index contributed by atoms with van der Waals surface area (Å²) in [6, 6.07) is 37.2. The van der Waals surface area contributed by atoms with Crippen LogP contribution in [0.15, 0.2) is 97.1 Å². The first-order valence-electron chi connectivity index (χ1n) is 21.2. The summed E-state index contributed by atoms with van der Waals surface area (Å²) in [5.74, 6) is 3.44. The van der Waals surface area contributed by atoms with Crippen LogP contribution in [0.25, 0.3) is 45.8 Å². The minimum Gasteiger partial charge on any atom is -0.0654 e. The fourth-order valence-corrected chi connectivity index (χ4v) is 9.32. The number of rotatable bonds is 14. The smallest absolute Gasteiger partial charge is 0.0162 e. The molecule has 5 aromatic carbocycles. The highest BCUT2D eigenvalue weighted by Crippen LogP contribution is 2.39. The molecule has 270 valence electrons. The molecule has 2 aliphatic carbocycles. The molecule has 0 N–H and O–H groups in total. The molecule has 5 aromatic rings. The summed E-state index contributed by atoms with van der Waals surface area (Å²) in [5.41, 5.74) is 8.13. The fourth-order valence-electron chi connectivity index (χ4n) is 9.32. The minimum absolute atomic E-state index is 0.750. The normalized spacial score (nSPS) is 21.1. The predicted octanol–water partition coefficient (Wildman–Crippen LogP) is 16.0. The third kappa shape index (κ3) is 9.74. The molecule has 0 heteroatoms. The molecule has 0 unspecified atom stereocenters. The molecule has 0 radical (unpaired) electrons. The van der Waals surface area contributed by atoms with Gasteiger partial charge in [-0.25, -0.2) is 0 Å². The lowest BCUT2D eigenvalue weighted by Crippen LogP contribution is -2.13. The highest BCUT2D eigenvalue weighted by atomic mass is 14.3. The van der Waals surface area contributed by atoms with E-state index < -0.39 is 0 Å². The highest BCUT2D eigenvalue weighted by molar-refractivity contribution is 6.00. The van der Waals surface area contributed by atoms with Crippen LogP contribution in [0, 0.1) is 11.8 Å². The Hall–Kier alpha value is -3.90. The van der Waals surface area contributed by atoms with E-state index in [9.17, 15) is 0 Å². The van der Waals surface area contributed by atoms with Crippen LogP contribution >= 0.6 is 0 Å². The van der Waals surface area contributed by atoms with Crippen molar-refractivity contribution in [3.63, 3.8) is 0 Å². The van der Waals surface area contributed by atoms with Gasteiger partial charge in [0.2, 0.25) is 0 Å². The van der Waals surface area contributed by atoms with Gasteiger partial charge in [0, 0.05) is 0 Å². The lowest BCUT2D eigenvalue weighted by molar-refractivity contribution is 0.303. The second kappa shape index (κ2) is 18.2. The molecule has 0 bridgehead atoms. The van der Waals surface area contributed by atoms with E-state index in [1.165, 1.54) is 158 Å². The van der Waals surface area contributed by atoms with Gasteiger partial charge in [0.25, 0.3) is 0 Å². The van der Waals surface area contributed by atoms with Crippen molar-refractivity contribution >= 4 is 45.8 Å². The maximum Gasteiger partial charge on any atom is -0.0162 e. The van der Waals surface area contributed by atoms with Crippen LogP contribution in [0.5, 0.6) is 0 Å². The average molecular weight is 687 g/mol. The molecule has 2 aliphatic rings. The van der Waals surface area contributed by atoms with Crippen molar-refractivity contribution in [1.82, 2.24) is 0 Å². The van der Waals surface area contributed by atoms with Crippen molar-refractivity contribution in [1.29, 1.82) is 0 Å². The standard InChI is InChI=1S/C52H62/c1-3-5-7-9-39-15-25-45(26-16-39)47-29-19-41(20-30-47)11-13-43-23-33-49-38-52-36-44(24-34-50(52)37-51(49)35-43)14-12-42-21-31-48(32-22-42)46-27-17-40(18-28-46)10-8-6-4-2/h11-14,19-24,29-40,45-46H,3-10,15-18,25-28H2,1-2H3/b13-11+,14-12+. The number of unbranched alkanes of at least 4 members (excludes halogenated alkanes) is 4. The molecule has 52 heavy (non-hydrogen) atoms. The van der Waals surface area contributed by atoms with Crippen molar-refractivity contribution in [2.45, 2.75) is 128 Å². The largest absolute Gasteiger partial charge is 0.0654 e. The van der Waals surface area contributed by atoms with Crippen molar-refractivity contribution in [2.75, 3.05) is 0 Å². The lowest BCUT2D eigenvalue weighted by atomic mass is 9.77. The van der Waals surface area contributed by atoms with Gasteiger partial charge in [0.15, 0.2) is 0 Å². The Morgan fingerprint density at radius 2 is 0.750 bits per heavy atom. The number of hydrogen-bond donors (Lipinski definition) is 0. The summed E-state index contributed by atoms with van der Waals surface area (Å²) in [5, 5.41) is 5.17. The second-order valence-electron chi connectivity index (χ2n) is 16.5. The molecule has 0 aromatic heterocycles. The Balaban J connectivity index is 0.933. The first kappa shape index (κ1) is 36.5. The van der Waals surface area contributed by atoms with Gasteiger partial charge in [-0.15, -0.1) is 0 Å². The monoisotopic (exact) mass is 686 g/mol. The molecule has 0 aliphatic heterocycles. The van der Waals surface area contributed by atoms with Gasteiger partial charge in [0.05, 0.1) is 0 Å².